The van der Waals surface area contributed by atoms with Gasteiger partial charge in [0.2, 0.25) is 0 Å². The number of hydrogen-bond donors (Lipinski definition) is 1. The molecule has 0 amide bonds. The first kappa shape index (κ1) is 16.6. The van der Waals surface area contributed by atoms with Crippen molar-refractivity contribution in [1.29, 1.82) is 0 Å². The van der Waals surface area contributed by atoms with Crippen molar-refractivity contribution < 1.29 is 9.84 Å². The molecule has 2 aliphatic carbocycles. The van der Waals surface area contributed by atoms with Crippen LogP contribution in [0.1, 0.15) is 50.5 Å². The molecular formula is C21H28N2O2. The van der Waals surface area contributed by atoms with Gasteiger partial charge >= 0.3 is 0 Å². The number of aliphatic hydroxyl groups excluding tert-OH is 1. The van der Waals surface area contributed by atoms with Gasteiger partial charge in [-0.3, -0.25) is 4.68 Å². The van der Waals surface area contributed by atoms with E-state index in [1.54, 1.807) is 6.20 Å². The van der Waals surface area contributed by atoms with Gasteiger partial charge in [-0.15, -0.1) is 0 Å². The minimum Gasteiger partial charge on any atom is -0.484 e. The highest BCUT2D eigenvalue weighted by molar-refractivity contribution is 5.17. The summed E-state index contributed by atoms with van der Waals surface area (Å²) in [7, 11) is 0. The smallest absolute Gasteiger partial charge is 0.157 e. The van der Waals surface area contributed by atoms with Crippen molar-refractivity contribution >= 4 is 0 Å². The van der Waals surface area contributed by atoms with Gasteiger partial charge < -0.3 is 9.84 Å². The average molecular weight is 340 g/mol. The second-order valence-corrected chi connectivity index (χ2v) is 7.70. The molecule has 0 radical (unpaired) electrons. The molecule has 2 fully saturated rings. The van der Waals surface area contributed by atoms with E-state index >= 15 is 0 Å². The van der Waals surface area contributed by atoms with Crippen molar-refractivity contribution in [1.82, 2.24) is 9.78 Å². The van der Waals surface area contributed by atoms with Gasteiger partial charge in [-0.05, 0) is 43.1 Å². The van der Waals surface area contributed by atoms with Crippen molar-refractivity contribution in [2.24, 2.45) is 11.8 Å². The van der Waals surface area contributed by atoms with Crippen LogP contribution in [0.3, 0.4) is 0 Å². The van der Waals surface area contributed by atoms with E-state index in [-0.39, 0.29) is 12.2 Å². The molecule has 2 aliphatic rings. The Bertz CT molecular complexity index is 670. The Morgan fingerprint density at radius 1 is 1.04 bits per heavy atom. The van der Waals surface area contributed by atoms with Gasteiger partial charge in [0.15, 0.2) is 5.75 Å². The highest BCUT2D eigenvalue weighted by Crippen LogP contribution is 2.46. The van der Waals surface area contributed by atoms with Gasteiger partial charge in [0, 0.05) is 0 Å². The molecule has 1 aromatic heterocycles. The molecule has 4 rings (SSSR count). The molecule has 1 N–H and O–H groups in total. The molecule has 0 spiro atoms. The third-order valence-electron chi connectivity index (χ3n) is 5.72. The molecule has 25 heavy (non-hydrogen) atoms. The van der Waals surface area contributed by atoms with Crippen molar-refractivity contribution in [3.8, 4) is 5.75 Å². The first-order valence-electron chi connectivity index (χ1n) is 9.69. The van der Waals surface area contributed by atoms with E-state index in [1.165, 1.54) is 24.8 Å². The van der Waals surface area contributed by atoms with Crippen LogP contribution in [0.4, 0.5) is 0 Å². The highest BCUT2D eigenvalue weighted by Gasteiger charge is 2.37. The van der Waals surface area contributed by atoms with Gasteiger partial charge in [0.05, 0.1) is 25.0 Å². The normalized spacial score (nSPS) is 29.6. The molecule has 134 valence electrons. The Balaban J connectivity index is 1.36. The Hall–Kier alpha value is -1.81. The summed E-state index contributed by atoms with van der Waals surface area (Å²) in [6.45, 7) is 0.737. The Morgan fingerprint density at radius 2 is 1.80 bits per heavy atom. The van der Waals surface area contributed by atoms with Crippen molar-refractivity contribution in [2.75, 3.05) is 0 Å². The van der Waals surface area contributed by atoms with Crippen LogP contribution in [0, 0.1) is 11.8 Å². The number of hydrogen-bond acceptors (Lipinski definition) is 3. The lowest BCUT2D eigenvalue weighted by molar-refractivity contribution is 0.0216. The molecule has 2 saturated carbocycles. The van der Waals surface area contributed by atoms with E-state index in [1.807, 2.05) is 29.1 Å². The van der Waals surface area contributed by atoms with E-state index in [9.17, 15) is 5.11 Å². The zero-order valence-electron chi connectivity index (χ0n) is 14.8. The maximum atomic E-state index is 10.5. The molecule has 4 heteroatoms. The number of nitrogens with zero attached hydrogens (tertiary/aromatic N) is 2. The minimum absolute atomic E-state index is 0.107. The Labute approximate surface area is 149 Å². The topological polar surface area (TPSA) is 47.3 Å². The number of benzene rings is 1. The zero-order chi connectivity index (χ0) is 17.1. The van der Waals surface area contributed by atoms with Gasteiger partial charge in [-0.2, -0.15) is 5.10 Å². The van der Waals surface area contributed by atoms with Crippen molar-refractivity contribution in [3.05, 3.63) is 48.3 Å². The fraction of sp³-hybridized carbons (Fsp3) is 0.571. The molecule has 1 heterocycles. The fourth-order valence-corrected chi connectivity index (χ4v) is 4.14. The first-order valence-corrected chi connectivity index (χ1v) is 9.69. The zero-order valence-corrected chi connectivity index (χ0v) is 14.8. The summed E-state index contributed by atoms with van der Waals surface area (Å²) in [6, 6.07) is 10.3. The largest absolute Gasteiger partial charge is 0.484 e. The maximum Gasteiger partial charge on any atom is 0.157 e. The number of rotatable bonds is 4. The van der Waals surface area contributed by atoms with Crippen LogP contribution in [0.2, 0.25) is 0 Å². The molecule has 0 aliphatic heterocycles. The van der Waals surface area contributed by atoms with E-state index in [0.29, 0.717) is 0 Å². The van der Waals surface area contributed by atoms with Gasteiger partial charge in [-0.1, -0.05) is 49.6 Å². The van der Waals surface area contributed by atoms with E-state index in [4.69, 9.17) is 4.74 Å². The average Bonchev–Trinajstić information content (AvgIpc) is 3.22. The predicted molar refractivity (Wildman–Crippen MR) is 97.5 cm³/mol. The summed E-state index contributed by atoms with van der Waals surface area (Å²) in [4.78, 5) is 0. The van der Waals surface area contributed by atoms with Crippen molar-refractivity contribution in [3.63, 3.8) is 0 Å². The van der Waals surface area contributed by atoms with Crippen LogP contribution < -0.4 is 4.74 Å². The predicted octanol–water partition coefficient (Wildman–Crippen LogP) is 4.03. The number of aromatic nitrogens is 2. The van der Waals surface area contributed by atoms with Gasteiger partial charge in [0.25, 0.3) is 0 Å². The monoisotopic (exact) mass is 340 g/mol. The highest BCUT2D eigenvalue weighted by atomic mass is 16.5. The van der Waals surface area contributed by atoms with E-state index in [2.05, 4.69) is 17.2 Å². The maximum absolute atomic E-state index is 10.5. The van der Waals surface area contributed by atoms with E-state index in [0.717, 1.165) is 49.8 Å². The Kier molecular flexibility index (Phi) is 5.07. The molecule has 0 bridgehead atoms. The summed E-state index contributed by atoms with van der Waals surface area (Å²) in [5.74, 6) is 2.66. The van der Waals surface area contributed by atoms with Crippen LogP contribution in [-0.4, -0.2) is 27.1 Å². The molecule has 4 atom stereocenters. The quantitative estimate of drug-likeness (QED) is 0.914. The lowest BCUT2D eigenvalue weighted by Crippen LogP contribution is -2.32. The van der Waals surface area contributed by atoms with Crippen LogP contribution >= 0.6 is 0 Å². The summed E-state index contributed by atoms with van der Waals surface area (Å²) in [5.41, 5.74) is 1.22. The SMILES string of the molecule is O[C@@H]1CCC[C@H]2C[C@@H]2CCC[C@H]1Oc1cnn(Cc2ccccc2)c1. The molecular weight excluding hydrogens is 312 g/mol. The fourth-order valence-electron chi connectivity index (χ4n) is 4.14. The Morgan fingerprint density at radius 3 is 2.60 bits per heavy atom. The minimum atomic E-state index is -0.368. The molecule has 0 saturated heterocycles. The number of aliphatic hydroxyl groups is 1. The van der Waals surface area contributed by atoms with E-state index < -0.39 is 0 Å². The summed E-state index contributed by atoms with van der Waals surface area (Å²) < 4.78 is 8.03. The summed E-state index contributed by atoms with van der Waals surface area (Å²) in [5, 5.41) is 14.9. The van der Waals surface area contributed by atoms with Crippen LogP contribution in [0.25, 0.3) is 0 Å². The van der Waals surface area contributed by atoms with Crippen LogP contribution in [0.5, 0.6) is 5.75 Å². The third kappa shape index (κ3) is 4.43. The lowest BCUT2D eigenvalue weighted by atomic mass is 9.97. The van der Waals surface area contributed by atoms with Crippen LogP contribution in [0.15, 0.2) is 42.7 Å². The van der Waals surface area contributed by atoms with Crippen LogP contribution in [-0.2, 0) is 6.54 Å². The first-order chi connectivity index (χ1) is 12.3. The summed E-state index contributed by atoms with van der Waals surface area (Å²) in [6.07, 6.45) is 11.3. The molecule has 4 nitrogen and oxygen atoms in total. The summed E-state index contributed by atoms with van der Waals surface area (Å²) >= 11 is 0. The lowest BCUT2D eigenvalue weighted by Gasteiger charge is -2.24. The molecule has 1 aromatic carbocycles. The third-order valence-corrected chi connectivity index (χ3v) is 5.72. The number of fused-ring (bicyclic) bond motifs is 1. The van der Waals surface area contributed by atoms with Gasteiger partial charge in [-0.25, -0.2) is 0 Å². The molecule has 2 aromatic rings. The molecule has 0 unspecified atom stereocenters. The standard InChI is InChI=1S/C21H28N2O2/c24-20-10-4-8-17-12-18(17)9-5-11-21(20)25-19-13-22-23(15-19)14-16-6-2-1-3-7-16/h1-3,6-7,13,15,17-18,20-21,24H,4-5,8-12,14H2/t17-,18-,20+,21+/m0/s1. The number of ether oxygens (including phenoxy) is 1. The second kappa shape index (κ2) is 7.61. The van der Waals surface area contributed by atoms with Crippen molar-refractivity contribution in [2.45, 2.75) is 63.7 Å². The van der Waals surface area contributed by atoms with Gasteiger partial charge in [0.1, 0.15) is 6.10 Å². The second-order valence-electron chi connectivity index (χ2n) is 7.70.